The molecule has 0 atom stereocenters. The van der Waals surface area contributed by atoms with Crippen molar-refractivity contribution in [2.45, 2.75) is 56.4 Å². The lowest BCUT2D eigenvalue weighted by Gasteiger charge is -2.32. The number of carbonyl (C=O) groups is 1. The van der Waals surface area contributed by atoms with Crippen molar-refractivity contribution in [1.29, 1.82) is 0 Å². The molecule has 0 radical (unpaired) electrons. The van der Waals surface area contributed by atoms with Gasteiger partial charge >= 0.3 is 0 Å². The van der Waals surface area contributed by atoms with Crippen LogP contribution in [-0.2, 0) is 11.3 Å². The first-order valence-electron chi connectivity index (χ1n) is 8.34. The Morgan fingerprint density at radius 1 is 1.35 bits per heavy atom. The topological polar surface area (TPSA) is 63.1 Å². The van der Waals surface area contributed by atoms with Crippen molar-refractivity contribution in [2.24, 2.45) is 0 Å². The van der Waals surface area contributed by atoms with E-state index in [4.69, 9.17) is 0 Å². The molecule has 1 N–H and O–H groups in total. The van der Waals surface area contributed by atoms with Gasteiger partial charge in [0.2, 0.25) is 5.91 Å². The second-order valence-corrected chi connectivity index (χ2v) is 7.27. The van der Waals surface area contributed by atoms with E-state index in [-0.39, 0.29) is 5.91 Å². The Labute approximate surface area is 141 Å². The van der Waals surface area contributed by atoms with E-state index in [1.807, 2.05) is 17.6 Å². The van der Waals surface area contributed by atoms with Gasteiger partial charge in [0, 0.05) is 31.7 Å². The highest BCUT2D eigenvalue weighted by Gasteiger charge is 2.32. The molecular formula is C16H25N5OS. The summed E-state index contributed by atoms with van der Waals surface area (Å²) in [5, 5.41) is 12.1. The number of carbonyl (C=O) groups excluding carboxylic acids is 1. The fourth-order valence-corrected chi connectivity index (χ4v) is 3.86. The highest BCUT2D eigenvalue weighted by atomic mass is 32.2. The van der Waals surface area contributed by atoms with E-state index in [1.165, 1.54) is 24.6 Å². The highest BCUT2D eigenvalue weighted by Crippen LogP contribution is 2.29. The summed E-state index contributed by atoms with van der Waals surface area (Å²) in [5.74, 6) is 1.32. The van der Waals surface area contributed by atoms with Crippen molar-refractivity contribution in [3.8, 4) is 0 Å². The number of aromatic nitrogens is 3. The molecule has 23 heavy (non-hydrogen) atoms. The molecule has 1 aromatic rings. The molecule has 1 saturated carbocycles. The van der Waals surface area contributed by atoms with Crippen molar-refractivity contribution in [1.82, 2.24) is 25.0 Å². The number of likely N-dealkylation sites (tertiary alicyclic amines) is 1. The predicted octanol–water partition coefficient (Wildman–Crippen LogP) is 1.61. The maximum Gasteiger partial charge on any atom is 0.230 e. The van der Waals surface area contributed by atoms with Crippen molar-refractivity contribution in [3.63, 3.8) is 0 Å². The minimum Gasteiger partial charge on any atom is -0.353 e. The molecule has 0 unspecified atom stereocenters. The Kier molecular flexibility index (Phi) is 5.38. The van der Waals surface area contributed by atoms with Gasteiger partial charge in [-0.3, -0.25) is 4.79 Å². The average Bonchev–Trinajstić information content (AvgIpc) is 3.33. The lowest BCUT2D eigenvalue weighted by molar-refractivity contribution is -0.119. The molecule has 2 heterocycles. The van der Waals surface area contributed by atoms with Gasteiger partial charge in [0.05, 0.1) is 5.75 Å². The molecule has 0 aromatic carbocycles. The molecule has 6 nitrogen and oxygen atoms in total. The van der Waals surface area contributed by atoms with Crippen LogP contribution in [0.2, 0.25) is 0 Å². The molecule has 1 aliphatic carbocycles. The molecule has 3 rings (SSSR count). The maximum atomic E-state index is 12.2. The minimum absolute atomic E-state index is 0.0886. The zero-order valence-corrected chi connectivity index (χ0v) is 14.5. The van der Waals surface area contributed by atoms with E-state index < -0.39 is 0 Å². The van der Waals surface area contributed by atoms with Crippen molar-refractivity contribution >= 4 is 17.7 Å². The summed E-state index contributed by atoms with van der Waals surface area (Å²) in [6.45, 7) is 8.57. The molecule has 1 amide bonds. The summed E-state index contributed by atoms with van der Waals surface area (Å²) in [7, 11) is 0. The molecule has 2 aliphatic rings. The lowest BCUT2D eigenvalue weighted by Crippen LogP contribution is -2.45. The van der Waals surface area contributed by atoms with Crippen molar-refractivity contribution in [3.05, 3.63) is 18.5 Å². The van der Waals surface area contributed by atoms with Crippen LogP contribution >= 0.6 is 11.8 Å². The Balaban J connectivity index is 1.42. The lowest BCUT2D eigenvalue weighted by atomic mass is 10.1. The summed E-state index contributed by atoms with van der Waals surface area (Å²) in [6.07, 6.45) is 6.67. The number of aryl methyl sites for hydroxylation is 1. The molecule has 1 saturated heterocycles. The third kappa shape index (κ3) is 4.35. The van der Waals surface area contributed by atoms with Crippen LogP contribution in [0.3, 0.4) is 0 Å². The van der Waals surface area contributed by atoms with E-state index in [1.54, 1.807) is 0 Å². The van der Waals surface area contributed by atoms with Crippen LogP contribution in [0.5, 0.6) is 0 Å². The number of allylic oxidation sites excluding steroid dienone is 1. The summed E-state index contributed by atoms with van der Waals surface area (Å²) in [5.41, 5.74) is 0. The zero-order chi connectivity index (χ0) is 16.2. The number of thioether (sulfide) groups is 1. The monoisotopic (exact) mass is 335 g/mol. The van der Waals surface area contributed by atoms with Gasteiger partial charge in [-0.1, -0.05) is 17.8 Å². The molecule has 0 spiro atoms. The second-order valence-electron chi connectivity index (χ2n) is 6.33. The Morgan fingerprint density at radius 3 is 2.74 bits per heavy atom. The van der Waals surface area contributed by atoms with Gasteiger partial charge in [-0.25, -0.2) is 0 Å². The molecule has 1 aromatic heterocycles. The number of hydrogen-bond acceptors (Lipinski definition) is 5. The van der Waals surface area contributed by atoms with E-state index in [2.05, 4.69) is 27.0 Å². The third-order valence-corrected chi connectivity index (χ3v) is 5.47. The number of piperidine rings is 1. The van der Waals surface area contributed by atoms with Gasteiger partial charge < -0.3 is 14.8 Å². The van der Waals surface area contributed by atoms with E-state index in [0.29, 0.717) is 18.3 Å². The number of nitrogens with one attached hydrogen (secondary N) is 1. The van der Waals surface area contributed by atoms with Gasteiger partial charge in [-0.15, -0.1) is 16.8 Å². The molecule has 126 valence electrons. The summed E-state index contributed by atoms with van der Waals surface area (Å²) >= 11 is 1.44. The highest BCUT2D eigenvalue weighted by molar-refractivity contribution is 7.99. The fourth-order valence-electron chi connectivity index (χ4n) is 3.06. The summed E-state index contributed by atoms with van der Waals surface area (Å²) in [4.78, 5) is 14.7. The quantitative estimate of drug-likeness (QED) is 0.606. The van der Waals surface area contributed by atoms with Crippen LogP contribution < -0.4 is 5.32 Å². The van der Waals surface area contributed by atoms with Crippen molar-refractivity contribution in [2.75, 3.05) is 18.8 Å². The largest absolute Gasteiger partial charge is 0.353 e. The van der Waals surface area contributed by atoms with Crippen molar-refractivity contribution < 1.29 is 4.79 Å². The normalized spacial score (nSPS) is 19.7. The first-order chi connectivity index (χ1) is 11.2. The van der Waals surface area contributed by atoms with Gasteiger partial charge in [-0.05, 0) is 32.6 Å². The number of amides is 1. The smallest absolute Gasteiger partial charge is 0.230 e. The second kappa shape index (κ2) is 7.49. The van der Waals surface area contributed by atoms with Crippen LogP contribution in [0.15, 0.2) is 17.8 Å². The van der Waals surface area contributed by atoms with Crippen LogP contribution in [0.25, 0.3) is 0 Å². The van der Waals surface area contributed by atoms with Crippen LogP contribution in [0, 0.1) is 6.92 Å². The maximum absolute atomic E-state index is 12.2. The molecular weight excluding hydrogens is 310 g/mol. The van der Waals surface area contributed by atoms with Crippen LogP contribution in [0.4, 0.5) is 0 Å². The van der Waals surface area contributed by atoms with Gasteiger partial charge in [0.25, 0.3) is 0 Å². The van der Waals surface area contributed by atoms with Crippen LogP contribution in [0.1, 0.15) is 31.5 Å². The average molecular weight is 335 g/mol. The minimum atomic E-state index is 0.0886. The molecule has 2 fully saturated rings. The van der Waals surface area contributed by atoms with E-state index >= 15 is 0 Å². The van der Waals surface area contributed by atoms with E-state index in [0.717, 1.165) is 43.0 Å². The molecule has 0 bridgehead atoms. The number of hydrogen-bond donors (Lipinski definition) is 1. The van der Waals surface area contributed by atoms with Crippen LogP contribution in [-0.4, -0.2) is 56.5 Å². The predicted molar refractivity (Wildman–Crippen MR) is 91.4 cm³/mol. The Morgan fingerprint density at radius 2 is 2.09 bits per heavy atom. The molecule has 7 heteroatoms. The Hall–Kier alpha value is -1.34. The standard InChI is InChI=1S/C16H25N5OS/c1-3-8-21-12(2)18-19-16(21)23-11-15(22)17-13-6-9-20(10-7-13)14-4-5-14/h3,13-14H,1,4-11H2,2H3,(H,17,22). The van der Waals surface area contributed by atoms with E-state index in [9.17, 15) is 4.79 Å². The molecule has 1 aliphatic heterocycles. The van der Waals surface area contributed by atoms with Gasteiger partial charge in [0.15, 0.2) is 5.16 Å². The first-order valence-corrected chi connectivity index (χ1v) is 9.33. The summed E-state index contributed by atoms with van der Waals surface area (Å²) < 4.78 is 1.97. The fraction of sp³-hybridized carbons (Fsp3) is 0.688. The zero-order valence-electron chi connectivity index (χ0n) is 13.7. The first kappa shape index (κ1) is 16.5. The SMILES string of the molecule is C=CCn1c(C)nnc1SCC(=O)NC1CCN(C2CC2)CC1. The van der Waals surface area contributed by atoms with Gasteiger partial charge in [0.1, 0.15) is 5.82 Å². The van der Waals surface area contributed by atoms with Gasteiger partial charge in [-0.2, -0.15) is 0 Å². The number of rotatable bonds is 7. The Bertz CT molecular complexity index is 561. The third-order valence-electron chi connectivity index (χ3n) is 4.50. The number of nitrogens with zero attached hydrogens (tertiary/aromatic N) is 4. The summed E-state index contributed by atoms with van der Waals surface area (Å²) in [6, 6.07) is 1.16.